The molecule has 4 rings (SSSR count). The Kier molecular flexibility index (Phi) is 7.39. The van der Waals surface area contributed by atoms with Crippen LogP contribution in [0.2, 0.25) is 0 Å². The van der Waals surface area contributed by atoms with E-state index in [-0.39, 0.29) is 5.91 Å². The molecule has 0 radical (unpaired) electrons. The molecule has 0 unspecified atom stereocenters. The fourth-order valence-electron chi connectivity index (χ4n) is 3.91. The van der Waals surface area contributed by atoms with Crippen LogP contribution in [-0.2, 0) is 9.53 Å². The van der Waals surface area contributed by atoms with Crippen LogP contribution >= 0.6 is 0 Å². The second-order valence-electron chi connectivity index (χ2n) is 8.04. The molecule has 7 nitrogen and oxygen atoms in total. The van der Waals surface area contributed by atoms with Crippen LogP contribution in [0.25, 0.3) is 27.7 Å². The van der Waals surface area contributed by atoms with Gasteiger partial charge in [0.2, 0.25) is 5.91 Å². The van der Waals surface area contributed by atoms with Crippen molar-refractivity contribution in [1.29, 1.82) is 0 Å². The molecule has 3 aromatic carbocycles. The van der Waals surface area contributed by atoms with Crippen LogP contribution in [0.1, 0.15) is 29.8 Å². The van der Waals surface area contributed by atoms with E-state index in [4.69, 9.17) is 18.6 Å². The number of esters is 1. The zero-order chi connectivity index (χ0) is 25.7. The fourth-order valence-corrected chi connectivity index (χ4v) is 3.91. The van der Waals surface area contributed by atoms with Gasteiger partial charge in [-0.1, -0.05) is 12.1 Å². The SMILES string of the molecule is CCOc1ccc(-c2coc3cc(OC)c(/C(C)=C/C(=O)Nc4ccc(C(=O)OC)cc4)cc23)cc1. The molecule has 184 valence electrons. The van der Waals surface area contributed by atoms with Gasteiger partial charge < -0.3 is 23.9 Å². The normalized spacial score (nSPS) is 11.3. The maximum absolute atomic E-state index is 12.7. The van der Waals surface area contributed by atoms with Crippen LogP contribution in [0, 0.1) is 0 Å². The van der Waals surface area contributed by atoms with E-state index < -0.39 is 5.97 Å². The number of anilines is 1. The van der Waals surface area contributed by atoms with E-state index in [1.807, 2.05) is 50.2 Å². The molecule has 1 amide bonds. The Morgan fingerprint density at radius 3 is 2.36 bits per heavy atom. The molecule has 0 saturated carbocycles. The Hall–Kier alpha value is -4.52. The van der Waals surface area contributed by atoms with E-state index >= 15 is 0 Å². The zero-order valence-corrected chi connectivity index (χ0v) is 20.6. The summed E-state index contributed by atoms with van der Waals surface area (Å²) in [7, 11) is 2.90. The quantitative estimate of drug-likeness (QED) is 0.232. The second-order valence-corrected chi connectivity index (χ2v) is 8.04. The van der Waals surface area contributed by atoms with Gasteiger partial charge in [0.1, 0.15) is 17.1 Å². The third kappa shape index (κ3) is 5.25. The fraction of sp³-hybridized carbons (Fsp3) is 0.172. The molecule has 0 fully saturated rings. The minimum absolute atomic E-state index is 0.306. The molecule has 0 aliphatic carbocycles. The molecule has 36 heavy (non-hydrogen) atoms. The summed E-state index contributed by atoms with van der Waals surface area (Å²) in [5.41, 5.74) is 5.06. The first-order valence-electron chi connectivity index (χ1n) is 11.4. The molecule has 1 N–H and O–H groups in total. The molecule has 1 heterocycles. The highest BCUT2D eigenvalue weighted by Crippen LogP contribution is 2.37. The van der Waals surface area contributed by atoms with Crippen molar-refractivity contribution >= 4 is 34.1 Å². The average molecular weight is 486 g/mol. The van der Waals surface area contributed by atoms with E-state index in [0.717, 1.165) is 33.4 Å². The molecule has 0 spiro atoms. The van der Waals surface area contributed by atoms with E-state index in [1.54, 1.807) is 37.6 Å². The number of benzene rings is 3. The standard InChI is InChI=1S/C29H27NO6/c1-5-35-22-12-8-19(9-13-22)25-17-36-27-16-26(33-3)23(15-24(25)27)18(2)14-28(31)30-21-10-6-20(7-11-21)29(32)34-4/h6-17H,5H2,1-4H3,(H,30,31)/b18-14+. The van der Waals surface area contributed by atoms with Gasteiger partial charge in [-0.25, -0.2) is 4.79 Å². The molecule has 4 aromatic rings. The summed E-state index contributed by atoms with van der Waals surface area (Å²) < 4.78 is 21.6. The predicted octanol–water partition coefficient (Wildman–Crippen LogP) is 6.34. The summed E-state index contributed by atoms with van der Waals surface area (Å²) in [5, 5.41) is 3.71. The number of furan rings is 1. The number of hydrogen-bond acceptors (Lipinski definition) is 6. The van der Waals surface area contributed by atoms with Gasteiger partial charge in [0, 0.05) is 34.3 Å². The van der Waals surface area contributed by atoms with Crippen molar-refractivity contribution in [2.45, 2.75) is 13.8 Å². The van der Waals surface area contributed by atoms with Gasteiger partial charge >= 0.3 is 5.97 Å². The van der Waals surface area contributed by atoms with Crippen LogP contribution in [0.5, 0.6) is 11.5 Å². The third-order valence-corrected chi connectivity index (χ3v) is 5.72. The first-order chi connectivity index (χ1) is 17.4. The minimum atomic E-state index is -0.435. The van der Waals surface area contributed by atoms with Crippen molar-refractivity contribution in [2.75, 3.05) is 26.1 Å². The lowest BCUT2D eigenvalue weighted by molar-refractivity contribution is -0.111. The summed E-state index contributed by atoms with van der Waals surface area (Å²) in [4.78, 5) is 24.3. The van der Waals surface area contributed by atoms with E-state index in [0.29, 0.717) is 29.2 Å². The molecular formula is C29H27NO6. The van der Waals surface area contributed by atoms with Crippen molar-refractivity contribution in [1.82, 2.24) is 0 Å². The Labute approximate surface area is 209 Å². The smallest absolute Gasteiger partial charge is 0.337 e. The molecule has 0 saturated heterocycles. The second kappa shape index (κ2) is 10.8. The topological polar surface area (TPSA) is 87.0 Å². The molecule has 0 aliphatic rings. The number of carbonyl (C=O) groups is 2. The first kappa shape index (κ1) is 24.6. The molecule has 0 atom stereocenters. The lowest BCUT2D eigenvalue weighted by Gasteiger charge is -2.10. The molecular weight excluding hydrogens is 458 g/mol. The van der Waals surface area contributed by atoms with Crippen molar-refractivity contribution in [3.8, 4) is 22.6 Å². The summed E-state index contributed by atoms with van der Waals surface area (Å²) in [6.07, 6.45) is 3.22. The number of ether oxygens (including phenoxy) is 3. The maximum Gasteiger partial charge on any atom is 0.337 e. The van der Waals surface area contributed by atoms with Crippen LogP contribution in [0.4, 0.5) is 5.69 Å². The number of methoxy groups -OCH3 is 2. The number of nitrogens with one attached hydrogen (secondary N) is 1. The maximum atomic E-state index is 12.7. The number of carbonyl (C=O) groups excluding carboxylic acids is 2. The summed E-state index contributed by atoms with van der Waals surface area (Å²) in [5.74, 6) is 0.662. The largest absolute Gasteiger partial charge is 0.496 e. The number of amides is 1. The highest BCUT2D eigenvalue weighted by Gasteiger charge is 2.15. The number of hydrogen-bond donors (Lipinski definition) is 1. The van der Waals surface area contributed by atoms with Gasteiger partial charge in [-0.05, 0) is 67.4 Å². The number of allylic oxidation sites excluding steroid dienone is 1. The summed E-state index contributed by atoms with van der Waals surface area (Å²) in [6.45, 7) is 4.40. The number of fused-ring (bicyclic) bond motifs is 1. The van der Waals surface area contributed by atoms with Crippen LogP contribution in [-0.4, -0.2) is 32.7 Å². The lowest BCUT2D eigenvalue weighted by Crippen LogP contribution is -2.09. The molecule has 0 aliphatic heterocycles. The van der Waals surface area contributed by atoms with Crippen molar-refractivity contribution in [3.05, 3.63) is 84.1 Å². The van der Waals surface area contributed by atoms with E-state index in [2.05, 4.69) is 5.32 Å². The molecule has 7 heteroatoms. The van der Waals surface area contributed by atoms with Crippen molar-refractivity contribution in [2.24, 2.45) is 0 Å². The zero-order valence-electron chi connectivity index (χ0n) is 20.6. The van der Waals surface area contributed by atoms with Gasteiger partial charge in [0.05, 0.1) is 32.7 Å². The number of rotatable bonds is 8. The minimum Gasteiger partial charge on any atom is -0.496 e. The Bertz CT molecular complexity index is 1410. The third-order valence-electron chi connectivity index (χ3n) is 5.72. The lowest BCUT2D eigenvalue weighted by atomic mass is 9.99. The Balaban J connectivity index is 1.61. The molecule has 0 bridgehead atoms. The van der Waals surface area contributed by atoms with Gasteiger partial charge in [-0.2, -0.15) is 0 Å². The van der Waals surface area contributed by atoms with Crippen LogP contribution < -0.4 is 14.8 Å². The van der Waals surface area contributed by atoms with E-state index in [1.165, 1.54) is 13.2 Å². The van der Waals surface area contributed by atoms with Crippen LogP contribution in [0.3, 0.4) is 0 Å². The molecule has 1 aromatic heterocycles. The monoisotopic (exact) mass is 485 g/mol. The summed E-state index contributed by atoms with van der Waals surface area (Å²) >= 11 is 0. The highest BCUT2D eigenvalue weighted by atomic mass is 16.5. The predicted molar refractivity (Wildman–Crippen MR) is 139 cm³/mol. The van der Waals surface area contributed by atoms with Crippen molar-refractivity contribution in [3.63, 3.8) is 0 Å². The van der Waals surface area contributed by atoms with Crippen LogP contribution in [0.15, 0.2) is 77.4 Å². The summed E-state index contributed by atoms with van der Waals surface area (Å²) in [6, 6.07) is 18.1. The van der Waals surface area contributed by atoms with Gasteiger partial charge in [-0.3, -0.25) is 4.79 Å². The van der Waals surface area contributed by atoms with Gasteiger partial charge in [-0.15, -0.1) is 0 Å². The highest BCUT2D eigenvalue weighted by molar-refractivity contribution is 6.05. The van der Waals surface area contributed by atoms with E-state index in [9.17, 15) is 9.59 Å². The first-order valence-corrected chi connectivity index (χ1v) is 11.4. The Morgan fingerprint density at radius 1 is 1.00 bits per heavy atom. The Morgan fingerprint density at radius 2 is 1.72 bits per heavy atom. The van der Waals surface area contributed by atoms with Gasteiger partial charge in [0.15, 0.2) is 0 Å². The van der Waals surface area contributed by atoms with Gasteiger partial charge in [0.25, 0.3) is 0 Å². The average Bonchev–Trinajstić information content (AvgIpc) is 3.31. The van der Waals surface area contributed by atoms with Crippen molar-refractivity contribution < 1.29 is 28.2 Å².